The largest absolute Gasteiger partial charge is 0.497 e. The van der Waals surface area contributed by atoms with E-state index in [1.54, 1.807) is 23.9 Å². The Morgan fingerprint density at radius 2 is 1.80 bits per heavy atom. The second-order valence-electron chi connectivity index (χ2n) is 6.01. The number of hydrogen-bond donors (Lipinski definition) is 2. The molecule has 2 heterocycles. The first kappa shape index (κ1) is 15.4. The fraction of sp³-hybridized carbons (Fsp3) is 0.222. The molecule has 0 saturated heterocycles. The first-order chi connectivity index (χ1) is 12.1. The molecule has 0 fully saturated rings. The maximum atomic E-state index is 13.2. The van der Waals surface area contributed by atoms with E-state index >= 15 is 0 Å². The Morgan fingerprint density at radius 1 is 1.12 bits per heavy atom. The summed E-state index contributed by atoms with van der Waals surface area (Å²) in [5, 5.41) is 7.66. The zero-order valence-electron chi connectivity index (χ0n) is 13.7. The molecule has 3 N–H and O–H groups in total. The van der Waals surface area contributed by atoms with E-state index in [0.717, 1.165) is 23.3 Å². The number of nitrogens with zero attached hydrogens (tertiary/aromatic N) is 3. The standard InChI is InChI=1S/C18H18FN5O/c1-25-14-8-4-12(5-9-14)16-10-15(11-2-6-13(19)7-3-11)21-18-22-17(20)23-24(16)18/h2-9,15-16H,10H2,1H3,(H3,20,21,22,23)/t15-,16-/m0/s1. The van der Waals surface area contributed by atoms with Crippen molar-refractivity contribution in [2.45, 2.75) is 18.5 Å². The van der Waals surface area contributed by atoms with Gasteiger partial charge in [0.15, 0.2) is 0 Å². The normalized spacial score (nSPS) is 19.1. The maximum absolute atomic E-state index is 13.2. The minimum Gasteiger partial charge on any atom is -0.497 e. The predicted octanol–water partition coefficient (Wildman–Crippen LogP) is 3.15. The quantitative estimate of drug-likeness (QED) is 0.766. The monoisotopic (exact) mass is 339 g/mol. The van der Waals surface area contributed by atoms with E-state index in [1.807, 2.05) is 24.3 Å². The predicted molar refractivity (Wildman–Crippen MR) is 92.9 cm³/mol. The van der Waals surface area contributed by atoms with Crippen molar-refractivity contribution in [1.82, 2.24) is 14.8 Å². The van der Waals surface area contributed by atoms with Gasteiger partial charge in [0.2, 0.25) is 11.9 Å². The van der Waals surface area contributed by atoms with Crippen molar-refractivity contribution in [3.8, 4) is 5.75 Å². The summed E-state index contributed by atoms with van der Waals surface area (Å²) in [6, 6.07) is 14.3. The number of ether oxygens (including phenoxy) is 1. The second kappa shape index (κ2) is 6.08. The highest BCUT2D eigenvalue weighted by molar-refractivity contribution is 5.42. The molecule has 1 aromatic heterocycles. The Balaban J connectivity index is 1.72. The number of benzene rings is 2. The van der Waals surface area contributed by atoms with Crippen LogP contribution < -0.4 is 15.8 Å². The van der Waals surface area contributed by atoms with E-state index in [-0.39, 0.29) is 23.8 Å². The molecular weight excluding hydrogens is 321 g/mol. The van der Waals surface area contributed by atoms with Crippen LogP contribution in [0.25, 0.3) is 0 Å². The van der Waals surface area contributed by atoms with Crippen LogP contribution in [0, 0.1) is 5.82 Å². The van der Waals surface area contributed by atoms with Crippen molar-refractivity contribution in [3.05, 3.63) is 65.5 Å². The first-order valence-electron chi connectivity index (χ1n) is 8.02. The van der Waals surface area contributed by atoms with E-state index in [4.69, 9.17) is 10.5 Å². The van der Waals surface area contributed by atoms with Crippen molar-refractivity contribution in [2.24, 2.45) is 0 Å². The van der Waals surface area contributed by atoms with Crippen molar-refractivity contribution in [3.63, 3.8) is 0 Å². The lowest BCUT2D eigenvalue weighted by atomic mass is 9.93. The topological polar surface area (TPSA) is 78.0 Å². The number of methoxy groups -OCH3 is 1. The molecule has 0 spiro atoms. The molecule has 1 aliphatic heterocycles. The van der Waals surface area contributed by atoms with Gasteiger partial charge in [-0.05, 0) is 41.8 Å². The Morgan fingerprint density at radius 3 is 2.48 bits per heavy atom. The fourth-order valence-electron chi connectivity index (χ4n) is 3.21. The van der Waals surface area contributed by atoms with Gasteiger partial charge in [-0.2, -0.15) is 4.98 Å². The average molecular weight is 339 g/mol. The lowest BCUT2D eigenvalue weighted by Gasteiger charge is -2.31. The maximum Gasteiger partial charge on any atom is 0.241 e. The molecule has 0 saturated carbocycles. The van der Waals surface area contributed by atoms with Gasteiger partial charge in [0.25, 0.3) is 0 Å². The molecule has 2 aromatic carbocycles. The van der Waals surface area contributed by atoms with Crippen LogP contribution >= 0.6 is 0 Å². The molecule has 6 nitrogen and oxygen atoms in total. The molecule has 128 valence electrons. The number of nitrogen functional groups attached to an aromatic ring is 1. The number of rotatable bonds is 3. The van der Waals surface area contributed by atoms with Gasteiger partial charge < -0.3 is 15.8 Å². The third-order valence-electron chi connectivity index (χ3n) is 4.48. The summed E-state index contributed by atoms with van der Waals surface area (Å²) in [5.74, 6) is 1.38. The van der Waals surface area contributed by atoms with Gasteiger partial charge in [0, 0.05) is 0 Å². The van der Waals surface area contributed by atoms with E-state index in [1.165, 1.54) is 12.1 Å². The molecule has 7 heteroatoms. The Kier molecular flexibility index (Phi) is 3.76. The van der Waals surface area contributed by atoms with E-state index in [9.17, 15) is 4.39 Å². The van der Waals surface area contributed by atoms with Crippen LogP contribution in [0.15, 0.2) is 48.5 Å². The third-order valence-corrected chi connectivity index (χ3v) is 4.48. The van der Waals surface area contributed by atoms with Crippen LogP contribution in [0.3, 0.4) is 0 Å². The Hall–Kier alpha value is -3.09. The van der Waals surface area contributed by atoms with Gasteiger partial charge >= 0.3 is 0 Å². The summed E-state index contributed by atoms with van der Waals surface area (Å²) in [7, 11) is 1.64. The minimum absolute atomic E-state index is 0.0104. The highest BCUT2D eigenvalue weighted by atomic mass is 19.1. The average Bonchev–Trinajstić information content (AvgIpc) is 3.01. The molecule has 3 aromatic rings. The van der Waals surface area contributed by atoms with Gasteiger partial charge in [-0.25, -0.2) is 9.07 Å². The fourth-order valence-corrected chi connectivity index (χ4v) is 3.21. The van der Waals surface area contributed by atoms with Gasteiger partial charge in [0.1, 0.15) is 11.6 Å². The number of fused-ring (bicyclic) bond motifs is 1. The van der Waals surface area contributed by atoms with Gasteiger partial charge in [0.05, 0.1) is 19.2 Å². The summed E-state index contributed by atoms with van der Waals surface area (Å²) in [4.78, 5) is 4.27. The van der Waals surface area contributed by atoms with E-state index in [2.05, 4.69) is 15.4 Å². The zero-order valence-corrected chi connectivity index (χ0v) is 13.7. The number of hydrogen-bond acceptors (Lipinski definition) is 5. The van der Waals surface area contributed by atoms with Crippen LogP contribution in [-0.4, -0.2) is 21.9 Å². The second-order valence-corrected chi connectivity index (χ2v) is 6.01. The number of halogens is 1. The molecule has 0 amide bonds. The van der Waals surface area contributed by atoms with Gasteiger partial charge in [-0.3, -0.25) is 0 Å². The zero-order chi connectivity index (χ0) is 17.4. The van der Waals surface area contributed by atoms with Crippen LogP contribution in [0.4, 0.5) is 16.3 Å². The highest BCUT2D eigenvalue weighted by Crippen LogP contribution is 2.38. The van der Waals surface area contributed by atoms with Crippen LogP contribution in [-0.2, 0) is 0 Å². The molecular formula is C18H18FN5O. The molecule has 4 rings (SSSR count). The van der Waals surface area contributed by atoms with Crippen LogP contribution in [0.2, 0.25) is 0 Å². The summed E-state index contributed by atoms with van der Waals surface area (Å²) in [5.41, 5.74) is 7.87. The summed E-state index contributed by atoms with van der Waals surface area (Å²) >= 11 is 0. The molecule has 1 aliphatic rings. The first-order valence-corrected chi connectivity index (χ1v) is 8.02. The smallest absolute Gasteiger partial charge is 0.241 e. The number of nitrogens with two attached hydrogens (primary N) is 1. The summed E-state index contributed by atoms with van der Waals surface area (Å²) < 4.78 is 20.3. The van der Waals surface area contributed by atoms with Crippen LogP contribution in [0.1, 0.15) is 29.6 Å². The van der Waals surface area contributed by atoms with Crippen molar-refractivity contribution in [1.29, 1.82) is 0 Å². The molecule has 0 unspecified atom stereocenters. The molecule has 0 radical (unpaired) electrons. The van der Waals surface area contributed by atoms with Gasteiger partial charge in [-0.1, -0.05) is 24.3 Å². The highest BCUT2D eigenvalue weighted by Gasteiger charge is 2.30. The van der Waals surface area contributed by atoms with E-state index < -0.39 is 0 Å². The number of nitrogens with one attached hydrogen (secondary N) is 1. The summed E-state index contributed by atoms with van der Waals surface area (Å²) in [6.07, 6.45) is 0.744. The molecule has 0 aliphatic carbocycles. The number of aromatic nitrogens is 3. The Bertz CT molecular complexity index is 875. The van der Waals surface area contributed by atoms with Crippen LogP contribution in [0.5, 0.6) is 5.75 Å². The number of anilines is 2. The van der Waals surface area contributed by atoms with Crippen molar-refractivity contribution < 1.29 is 9.13 Å². The molecule has 25 heavy (non-hydrogen) atoms. The lowest BCUT2D eigenvalue weighted by Crippen LogP contribution is -2.28. The lowest BCUT2D eigenvalue weighted by molar-refractivity contribution is 0.411. The van der Waals surface area contributed by atoms with E-state index in [0.29, 0.717) is 5.95 Å². The SMILES string of the molecule is COc1ccc([C@@H]2C[C@@H](c3ccc(F)cc3)Nc3nc(N)nn32)cc1. The third kappa shape index (κ3) is 2.88. The molecule has 2 atom stereocenters. The molecule has 0 bridgehead atoms. The van der Waals surface area contributed by atoms with Gasteiger partial charge in [-0.15, -0.1) is 5.10 Å². The van der Waals surface area contributed by atoms with Crippen molar-refractivity contribution in [2.75, 3.05) is 18.2 Å². The summed E-state index contributed by atoms with van der Waals surface area (Å²) in [6.45, 7) is 0. The Labute approximate surface area is 144 Å². The minimum atomic E-state index is -0.251. The van der Waals surface area contributed by atoms with Crippen molar-refractivity contribution >= 4 is 11.9 Å².